The van der Waals surface area contributed by atoms with Crippen LogP contribution in [0, 0.1) is 120 Å². The van der Waals surface area contributed by atoms with Crippen LogP contribution in [0.4, 0.5) is 0 Å². The molecule has 0 radical (unpaired) electrons. The fourth-order valence-electron chi connectivity index (χ4n) is 29.3. The quantitative estimate of drug-likeness (QED) is 0.0120. The number of fused-ring (bicyclic) bond motifs is 12. The number of allylic oxidation sites excluding steroid dienone is 9. The number of rotatable bonds is 27. The van der Waals surface area contributed by atoms with Crippen molar-refractivity contribution >= 4 is 41.8 Å². The Balaban J connectivity index is 0.000000199. The Morgan fingerprint density at radius 3 is 0.977 bits per heavy atom. The smallest absolute Gasteiger partial charge is 0.314 e. The van der Waals surface area contributed by atoms with Gasteiger partial charge < -0.3 is 84.2 Å². The van der Waals surface area contributed by atoms with Crippen LogP contribution in [0.25, 0.3) is 0 Å². The summed E-state index contributed by atoms with van der Waals surface area (Å²) < 4.78 is 39.8. The molecule has 1 aliphatic heterocycles. The number of cyclic esters (lactones) is 2. The Morgan fingerprint density at radius 1 is 0.398 bits per heavy atom. The van der Waals surface area contributed by atoms with Gasteiger partial charge in [0.05, 0.1) is 50.1 Å². The Hall–Kier alpha value is -6.29. The third kappa shape index (κ3) is 20.7. The third-order valence-electron chi connectivity index (χ3n) is 36.2. The van der Waals surface area contributed by atoms with Crippen LogP contribution in [-0.4, -0.2) is 186 Å². The lowest BCUT2D eigenvalue weighted by atomic mass is 9.45. The zero-order valence-electron chi connectivity index (χ0n) is 85.0. The molecule has 0 aromatic carbocycles. The summed E-state index contributed by atoms with van der Waals surface area (Å²) in [4.78, 5) is 83.0. The van der Waals surface area contributed by atoms with E-state index in [1.165, 1.54) is 54.2 Å². The average molecular weight is 1860 g/mol. The van der Waals surface area contributed by atoms with Gasteiger partial charge in [0.1, 0.15) is 48.8 Å². The van der Waals surface area contributed by atoms with Crippen molar-refractivity contribution in [3.05, 3.63) is 105 Å². The van der Waals surface area contributed by atoms with E-state index in [1.807, 2.05) is 27.7 Å². The molecule has 0 aromatic rings. The van der Waals surface area contributed by atoms with Crippen LogP contribution in [0.5, 0.6) is 0 Å². The Kier molecular flexibility index (Phi) is 34.0. The van der Waals surface area contributed by atoms with Gasteiger partial charge in [0.2, 0.25) is 0 Å². The van der Waals surface area contributed by atoms with Gasteiger partial charge >= 0.3 is 41.8 Å². The minimum absolute atomic E-state index is 0.0197. The molecule has 3 saturated carbocycles. The summed E-state index contributed by atoms with van der Waals surface area (Å²) in [5, 5.41) is 108. The number of methoxy groups -OCH3 is 1. The van der Waals surface area contributed by atoms with Crippen LogP contribution in [-0.2, 0) is 66.7 Å². The van der Waals surface area contributed by atoms with Gasteiger partial charge in [-0.1, -0.05) is 200 Å². The van der Waals surface area contributed by atoms with Crippen LogP contribution < -0.4 is 0 Å². The van der Waals surface area contributed by atoms with Gasteiger partial charge in [-0.05, 0) is 264 Å². The Labute approximate surface area is 793 Å². The van der Waals surface area contributed by atoms with E-state index in [-0.39, 0.29) is 97.9 Å². The van der Waals surface area contributed by atoms with Crippen LogP contribution in [0.2, 0.25) is 0 Å². The minimum Gasteiger partial charge on any atom is -0.460 e. The van der Waals surface area contributed by atoms with Gasteiger partial charge in [0.25, 0.3) is 0 Å². The lowest BCUT2D eigenvalue weighted by Crippen LogP contribution is -2.63. The number of ether oxygens (including phenoxy) is 7. The van der Waals surface area contributed by atoms with Crippen LogP contribution in [0.3, 0.4) is 0 Å². The van der Waals surface area contributed by atoms with E-state index in [4.69, 9.17) is 28.4 Å². The van der Waals surface area contributed by atoms with Gasteiger partial charge in [0.15, 0.2) is 12.6 Å². The molecule has 1 heterocycles. The number of esters is 7. The third-order valence-corrected chi connectivity index (χ3v) is 36.2. The van der Waals surface area contributed by atoms with Crippen molar-refractivity contribution in [1.29, 1.82) is 0 Å². The van der Waals surface area contributed by atoms with Crippen molar-refractivity contribution in [2.75, 3.05) is 7.11 Å². The van der Waals surface area contributed by atoms with Gasteiger partial charge in [-0.15, -0.1) is 0 Å². The van der Waals surface area contributed by atoms with Crippen molar-refractivity contribution in [3.63, 3.8) is 0 Å². The summed E-state index contributed by atoms with van der Waals surface area (Å²) in [6.07, 6.45) is 8.63. The maximum absolute atomic E-state index is 12.7. The van der Waals surface area contributed by atoms with Gasteiger partial charge in [-0.25, -0.2) is 0 Å². The molecule has 0 amide bonds. The molecule has 0 aromatic heterocycles. The predicted octanol–water partition coefficient (Wildman–Crippen LogP) is 17.0. The standard InChI is InChI=1S/2C36H56O8.C33H52O5.C4H4O3/c1-19(2)20(3)10-11-21(4)24-13-14-25-23-12-15-27-34(6,7)32(42)26(44-29(40)17-16-28(38)39)18-35(27,8)30(23)31(41)33(36(24,25)9)43-22(5)37;1-19(2)20(3)10-11-21(4)24-13-14-25-23-12-15-27-34(6,7)32(44-29(41)17-16-28(39)40)26(38)18-35(27,8)30(23)31(42)33(36(24,25)9)43-22(5)37;1-18(2)19(3)11-12-20(4)23-14-15-24-22-13-16-26-31(6,7)29(37-10)25(35)17-32(26,8)27(22)28(36)30(33(23,24)9)38-21(5)34;5-3-1-2-4(6)7-3/h14,19,21,24,26-28,31-33,38-39,41-42H,3,10-13,15-18H2,1-2,4-9H3;14,19,21,24,26-28,31-33,38-40,42H,3,10-13,15-18H2,1-2,4-9H3;15,18,20,23,25-26,28-30,35-36H,3,11-14,16-17H2,1-2,4-10H3;1-2H2/t2*21-,24-,26?,27?,31?,32?,33?,35?,36?;20-,23-,25-,26+,28-,29+,30+,32?,33?;/m111./s1. The molecule has 13 rings (SSSR count). The molecule has 0 spiro atoms. The molecule has 27 atom stereocenters. The van der Waals surface area contributed by atoms with Crippen molar-refractivity contribution < 1.29 is 118 Å². The highest BCUT2D eigenvalue weighted by Crippen LogP contribution is 2.72. The summed E-state index contributed by atoms with van der Waals surface area (Å²) in [6.45, 7) is 62.3. The van der Waals surface area contributed by atoms with E-state index in [0.29, 0.717) is 48.3 Å². The second-order valence-electron chi connectivity index (χ2n) is 46.5. The maximum atomic E-state index is 12.7. The first-order valence-electron chi connectivity index (χ1n) is 50.0. The number of carbonyl (C=O) groups is 7. The summed E-state index contributed by atoms with van der Waals surface area (Å²) in [7, 11) is 1.69. The van der Waals surface area contributed by atoms with Gasteiger partial charge in [-0.2, -0.15) is 0 Å². The summed E-state index contributed by atoms with van der Waals surface area (Å²) in [6, 6.07) is 0. The first kappa shape index (κ1) is 109. The molecule has 10 N–H and O–H groups in total. The highest BCUT2D eigenvalue weighted by Gasteiger charge is 2.70. The number of aliphatic hydroxyl groups excluding tert-OH is 8. The second-order valence-corrected chi connectivity index (χ2v) is 46.5. The molecular formula is C109H168O24. The van der Waals surface area contributed by atoms with Crippen LogP contribution >= 0.6 is 0 Å². The minimum atomic E-state index is -1.62. The van der Waals surface area contributed by atoms with Crippen LogP contribution in [0.1, 0.15) is 320 Å². The predicted molar refractivity (Wildman–Crippen MR) is 507 cm³/mol. The zero-order valence-corrected chi connectivity index (χ0v) is 85.0. The summed E-state index contributed by atoms with van der Waals surface area (Å²) in [5.41, 5.74) is 8.75. The number of carbonyl (C=O) groups excluding carboxylic acids is 7. The van der Waals surface area contributed by atoms with E-state index < -0.39 is 159 Å². The largest absolute Gasteiger partial charge is 0.460 e. The number of hydrogen-bond acceptors (Lipinski definition) is 24. The molecule has 0 bridgehead atoms. The number of aliphatic hydroxyl groups is 10. The molecule has 748 valence electrons. The molecule has 12 aliphatic carbocycles. The van der Waals surface area contributed by atoms with Crippen LogP contribution in [0.15, 0.2) is 105 Å². The maximum Gasteiger partial charge on any atom is 0.314 e. The van der Waals surface area contributed by atoms with Crippen molar-refractivity contribution in [2.45, 2.75) is 406 Å². The SMILES string of the molecule is C=C(CC[C@@H](C)[C@H]1CC=C2C3=C(C(O)C(OC(C)=O)C21C)C1(C)CC(O)C(OC(=O)CCC(O)O)C(C)(C)C1CC3)C(C)C.C=C(CC[C@@H](C)[C@H]1CC=C2C3=C(C(O)C(OC(C)=O)C21C)C1(C)CC(OC(=O)CCC(O)O)C(O)C(C)(C)C1CC3)C(C)C.C=C(CC[C@@H](C)[C@H]1CC=C2C3=C([C@@H](O)[C@H](OC(C)=O)C21C)C1(C)C[C@@H](O)[C@H](OC)C(C)(C)[C@@H]1CC3)C(C)C.O=C1CCC(=O)O1. The monoisotopic (exact) mass is 1860 g/mol. The van der Waals surface area contributed by atoms with E-state index in [1.54, 1.807) is 7.11 Å². The number of hydrogen-bond donors (Lipinski definition) is 10. The lowest BCUT2D eigenvalue weighted by molar-refractivity contribution is -0.198. The zero-order chi connectivity index (χ0) is 99.5. The highest BCUT2D eigenvalue weighted by molar-refractivity contribution is 5.92. The first-order valence-corrected chi connectivity index (χ1v) is 50.0. The molecule has 16 unspecified atom stereocenters. The Bertz CT molecular complexity index is 4520. The van der Waals surface area contributed by atoms with E-state index in [9.17, 15) is 84.6 Å². The molecule has 133 heavy (non-hydrogen) atoms. The Morgan fingerprint density at radius 2 is 0.692 bits per heavy atom. The summed E-state index contributed by atoms with van der Waals surface area (Å²) in [5.74, 6) is -0.0330. The van der Waals surface area contributed by atoms with Gasteiger partial charge in [0, 0.05) is 62.4 Å². The molecule has 1 saturated heterocycles. The first-order chi connectivity index (χ1) is 61.6. The summed E-state index contributed by atoms with van der Waals surface area (Å²) >= 11 is 0. The van der Waals surface area contributed by atoms with Gasteiger partial charge in [-0.3, -0.25) is 33.6 Å². The fraction of sp³-hybridized carbons (Fsp3) is 0.771. The van der Waals surface area contributed by atoms with E-state index in [0.717, 1.165) is 130 Å². The molecule has 4 fully saturated rings. The highest BCUT2D eigenvalue weighted by atomic mass is 16.6. The fourth-order valence-corrected chi connectivity index (χ4v) is 29.3. The molecular weight excluding hydrogens is 1690 g/mol. The van der Waals surface area contributed by atoms with E-state index >= 15 is 0 Å². The van der Waals surface area contributed by atoms with E-state index in [2.05, 4.69) is 160 Å². The van der Waals surface area contributed by atoms with Crippen molar-refractivity contribution in [2.24, 2.45) is 120 Å². The average Bonchev–Trinajstić information content (AvgIpc) is 1.67. The second kappa shape index (κ2) is 41.6. The topological polar surface area (TPSA) is 386 Å². The van der Waals surface area contributed by atoms with Crippen molar-refractivity contribution in [3.8, 4) is 0 Å². The van der Waals surface area contributed by atoms with Crippen molar-refractivity contribution in [1.82, 2.24) is 0 Å². The normalized spacial score (nSPS) is 37.0. The molecule has 13 aliphatic rings. The molecule has 24 nitrogen and oxygen atoms in total. The molecule has 24 heteroatoms. The lowest BCUT2D eigenvalue weighted by Gasteiger charge is -2.62.